The van der Waals surface area contributed by atoms with Crippen LogP contribution in [0.5, 0.6) is 0 Å². The number of aromatic nitrogens is 1. The summed E-state index contributed by atoms with van der Waals surface area (Å²) in [7, 11) is 0. The molecular formula is C18H18N4O2. The van der Waals surface area contributed by atoms with Gasteiger partial charge in [0, 0.05) is 25.0 Å². The van der Waals surface area contributed by atoms with E-state index in [0.29, 0.717) is 24.5 Å². The van der Waals surface area contributed by atoms with Crippen LogP contribution in [0.3, 0.4) is 0 Å². The molecule has 1 aromatic carbocycles. The van der Waals surface area contributed by atoms with Gasteiger partial charge in [-0.15, -0.1) is 0 Å². The van der Waals surface area contributed by atoms with Gasteiger partial charge in [0.1, 0.15) is 18.0 Å². The maximum absolute atomic E-state index is 12.1. The number of nitriles is 1. The molecule has 1 saturated heterocycles. The molecule has 0 saturated carbocycles. The van der Waals surface area contributed by atoms with Gasteiger partial charge in [0.25, 0.3) is 5.91 Å². The van der Waals surface area contributed by atoms with E-state index in [0.717, 1.165) is 24.1 Å². The number of hydrogen-bond acceptors (Lipinski definition) is 5. The fraction of sp³-hybridized carbons (Fsp3) is 0.278. The van der Waals surface area contributed by atoms with Gasteiger partial charge in [0.05, 0.1) is 5.56 Å². The summed E-state index contributed by atoms with van der Waals surface area (Å²) in [4.78, 5) is 16.3. The monoisotopic (exact) mass is 322 g/mol. The number of anilines is 2. The van der Waals surface area contributed by atoms with Crippen molar-refractivity contribution < 1.29 is 9.53 Å². The average molecular weight is 322 g/mol. The van der Waals surface area contributed by atoms with E-state index >= 15 is 0 Å². The summed E-state index contributed by atoms with van der Waals surface area (Å²) in [5, 5.41) is 15.1. The second-order valence-electron chi connectivity index (χ2n) is 5.56. The first-order valence-electron chi connectivity index (χ1n) is 7.86. The SMILES string of the molecule is N#Cc1cccnc1NCc1cccc(NC(=O)C2CCCO2)c1. The Morgan fingerprint density at radius 2 is 2.29 bits per heavy atom. The molecule has 0 bridgehead atoms. The van der Waals surface area contributed by atoms with Gasteiger partial charge in [-0.1, -0.05) is 12.1 Å². The summed E-state index contributed by atoms with van der Waals surface area (Å²) in [6.07, 6.45) is 2.98. The zero-order chi connectivity index (χ0) is 16.8. The first-order valence-corrected chi connectivity index (χ1v) is 7.86. The van der Waals surface area contributed by atoms with E-state index in [1.54, 1.807) is 18.3 Å². The summed E-state index contributed by atoms with van der Waals surface area (Å²) in [5.74, 6) is 0.447. The minimum Gasteiger partial charge on any atom is -0.368 e. The standard InChI is InChI=1S/C18H18N4O2/c19-11-14-5-2-8-20-17(14)21-12-13-4-1-6-15(10-13)22-18(23)16-7-3-9-24-16/h1-2,4-6,8,10,16H,3,7,9,12H2,(H,20,21)(H,22,23). The second kappa shape index (κ2) is 7.57. The van der Waals surface area contributed by atoms with Crippen LogP contribution in [-0.2, 0) is 16.1 Å². The third-order valence-electron chi connectivity index (χ3n) is 3.80. The van der Waals surface area contributed by atoms with Gasteiger partial charge in [0.2, 0.25) is 0 Å². The minimum atomic E-state index is -0.349. The Balaban J connectivity index is 1.63. The molecule has 1 atom stereocenters. The molecule has 24 heavy (non-hydrogen) atoms. The van der Waals surface area contributed by atoms with Gasteiger partial charge < -0.3 is 15.4 Å². The van der Waals surface area contributed by atoms with Crippen molar-refractivity contribution in [1.82, 2.24) is 4.98 Å². The fourth-order valence-electron chi connectivity index (χ4n) is 2.59. The second-order valence-corrected chi connectivity index (χ2v) is 5.56. The molecule has 1 aliphatic heterocycles. The van der Waals surface area contributed by atoms with Gasteiger partial charge in [0.15, 0.2) is 0 Å². The molecule has 1 aromatic heterocycles. The molecule has 3 rings (SSSR count). The molecule has 2 aromatic rings. The molecule has 0 spiro atoms. The largest absolute Gasteiger partial charge is 0.368 e. The number of carbonyl (C=O) groups excluding carboxylic acids is 1. The van der Waals surface area contributed by atoms with E-state index in [9.17, 15) is 4.79 Å². The number of hydrogen-bond donors (Lipinski definition) is 2. The van der Waals surface area contributed by atoms with Crippen LogP contribution < -0.4 is 10.6 Å². The van der Waals surface area contributed by atoms with Crippen LogP contribution in [-0.4, -0.2) is 23.6 Å². The van der Waals surface area contributed by atoms with E-state index in [4.69, 9.17) is 10.00 Å². The molecular weight excluding hydrogens is 304 g/mol. The van der Waals surface area contributed by atoms with Crippen molar-refractivity contribution in [1.29, 1.82) is 5.26 Å². The first-order chi connectivity index (χ1) is 11.8. The summed E-state index contributed by atoms with van der Waals surface area (Å²) in [6.45, 7) is 1.16. The van der Waals surface area contributed by atoms with Gasteiger partial charge in [-0.3, -0.25) is 4.79 Å². The molecule has 122 valence electrons. The van der Waals surface area contributed by atoms with Crippen molar-refractivity contribution in [3.05, 3.63) is 53.7 Å². The topological polar surface area (TPSA) is 87.0 Å². The summed E-state index contributed by atoms with van der Waals surface area (Å²) < 4.78 is 5.38. The van der Waals surface area contributed by atoms with Crippen LogP contribution in [0.25, 0.3) is 0 Å². The number of ether oxygens (including phenoxy) is 1. The summed E-state index contributed by atoms with van der Waals surface area (Å²) in [6, 6.07) is 13.1. The third kappa shape index (κ3) is 3.89. The molecule has 1 aliphatic rings. The van der Waals surface area contributed by atoms with Crippen LogP contribution in [0.2, 0.25) is 0 Å². The Kier molecular flexibility index (Phi) is 5.04. The lowest BCUT2D eigenvalue weighted by molar-refractivity contribution is -0.124. The smallest absolute Gasteiger partial charge is 0.253 e. The molecule has 6 heteroatoms. The molecule has 0 radical (unpaired) electrons. The van der Waals surface area contributed by atoms with E-state index < -0.39 is 0 Å². The Morgan fingerprint density at radius 1 is 1.38 bits per heavy atom. The van der Waals surface area contributed by atoms with Crippen molar-refractivity contribution >= 4 is 17.4 Å². The Morgan fingerprint density at radius 3 is 3.08 bits per heavy atom. The van der Waals surface area contributed by atoms with Crippen LogP contribution in [0.4, 0.5) is 11.5 Å². The highest BCUT2D eigenvalue weighted by Gasteiger charge is 2.23. The maximum Gasteiger partial charge on any atom is 0.253 e. The van der Waals surface area contributed by atoms with Gasteiger partial charge >= 0.3 is 0 Å². The molecule has 0 aliphatic carbocycles. The maximum atomic E-state index is 12.1. The van der Waals surface area contributed by atoms with Crippen molar-refractivity contribution in [3.63, 3.8) is 0 Å². The normalized spacial score (nSPS) is 16.4. The number of rotatable bonds is 5. The summed E-state index contributed by atoms with van der Waals surface area (Å²) >= 11 is 0. The van der Waals surface area contributed by atoms with E-state index in [1.165, 1.54) is 0 Å². The number of pyridine rings is 1. The van der Waals surface area contributed by atoms with Crippen molar-refractivity contribution in [2.75, 3.05) is 17.2 Å². The predicted molar refractivity (Wildman–Crippen MR) is 90.3 cm³/mol. The van der Waals surface area contributed by atoms with Crippen LogP contribution in [0.1, 0.15) is 24.0 Å². The quantitative estimate of drug-likeness (QED) is 0.884. The number of amides is 1. The highest BCUT2D eigenvalue weighted by Crippen LogP contribution is 2.17. The summed E-state index contributed by atoms with van der Waals surface area (Å²) in [5.41, 5.74) is 2.21. The van der Waals surface area contributed by atoms with Crippen LogP contribution in [0, 0.1) is 11.3 Å². The van der Waals surface area contributed by atoms with E-state index in [2.05, 4.69) is 21.7 Å². The van der Waals surface area contributed by atoms with Crippen molar-refractivity contribution in [3.8, 4) is 6.07 Å². The number of benzene rings is 1. The lowest BCUT2D eigenvalue weighted by Gasteiger charge is -2.12. The highest BCUT2D eigenvalue weighted by atomic mass is 16.5. The van der Waals surface area contributed by atoms with Crippen molar-refractivity contribution in [2.24, 2.45) is 0 Å². The number of carbonyl (C=O) groups is 1. The highest BCUT2D eigenvalue weighted by molar-refractivity contribution is 5.94. The number of nitrogens with zero attached hydrogens (tertiary/aromatic N) is 2. The molecule has 1 amide bonds. The van der Waals surface area contributed by atoms with Crippen molar-refractivity contribution in [2.45, 2.75) is 25.5 Å². The average Bonchev–Trinajstić information content (AvgIpc) is 3.15. The lowest BCUT2D eigenvalue weighted by Crippen LogP contribution is -2.26. The van der Waals surface area contributed by atoms with Crippen LogP contribution >= 0.6 is 0 Å². The Labute approximate surface area is 140 Å². The zero-order valence-corrected chi connectivity index (χ0v) is 13.2. The molecule has 1 unspecified atom stereocenters. The number of nitrogens with one attached hydrogen (secondary N) is 2. The molecule has 1 fully saturated rings. The van der Waals surface area contributed by atoms with Gasteiger partial charge in [-0.25, -0.2) is 4.98 Å². The lowest BCUT2D eigenvalue weighted by atomic mass is 10.1. The fourth-order valence-corrected chi connectivity index (χ4v) is 2.59. The van der Waals surface area contributed by atoms with E-state index in [-0.39, 0.29) is 12.0 Å². The zero-order valence-electron chi connectivity index (χ0n) is 13.2. The Bertz CT molecular complexity index is 764. The molecule has 6 nitrogen and oxygen atoms in total. The third-order valence-corrected chi connectivity index (χ3v) is 3.80. The minimum absolute atomic E-state index is 0.103. The van der Waals surface area contributed by atoms with Gasteiger partial charge in [-0.2, -0.15) is 5.26 Å². The van der Waals surface area contributed by atoms with Crippen LogP contribution in [0.15, 0.2) is 42.6 Å². The predicted octanol–water partition coefficient (Wildman–Crippen LogP) is 2.68. The van der Waals surface area contributed by atoms with E-state index in [1.807, 2.05) is 24.3 Å². The molecule has 2 heterocycles. The first kappa shape index (κ1) is 16.0. The molecule has 2 N–H and O–H groups in total. The Hall–Kier alpha value is -2.91. The van der Waals surface area contributed by atoms with Gasteiger partial charge in [-0.05, 0) is 42.7 Å².